The summed E-state index contributed by atoms with van der Waals surface area (Å²) in [7, 11) is 11.2. The molecule has 0 radical (unpaired) electrons. The largest absolute Gasteiger partial charge is 0.493 e. The van der Waals surface area contributed by atoms with Gasteiger partial charge in [0.15, 0.2) is 11.5 Å². The summed E-state index contributed by atoms with van der Waals surface area (Å²) in [5, 5.41) is 16.8. The molecule has 1 atom stereocenters. The van der Waals surface area contributed by atoms with Gasteiger partial charge in [-0.05, 0) is 147 Å². The monoisotopic (exact) mass is 1740 g/mol. The number of halogens is 1. The summed E-state index contributed by atoms with van der Waals surface area (Å²) >= 11 is 0. The summed E-state index contributed by atoms with van der Waals surface area (Å²) in [5.41, 5.74) is 19.6. The Kier molecular flexibility index (Phi) is 27.5. The zero-order chi connectivity index (χ0) is 89.8. The predicted octanol–water partition coefficient (Wildman–Crippen LogP) is 10.1. The number of hydrogen-bond donors (Lipinski definition) is 5. The van der Waals surface area contributed by atoms with Gasteiger partial charge in [-0.1, -0.05) is 54.6 Å². The molecule has 5 fully saturated rings. The fourth-order valence-corrected chi connectivity index (χ4v) is 16.4. The highest BCUT2D eigenvalue weighted by atomic mass is 19.1. The first-order chi connectivity index (χ1) is 62.7. The summed E-state index contributed by atoms with van der Waals surface area (Å²) in [6.07, 6.45) is 10.9. The molecule has 0 spiro atoms. The quantitative estimate of drug-likeness (QED) is 0.0677. The highest BCUT2D eigenvalue weighted by molar-refractivity contribution is 5.72. The SMILES string of the molecule is CN(C)c1ccc(-c2cc(=O)n3cc(N4CCNCC4)ccc3n2)cc1.COc1ccc(-c2cnc3cc(N4CCNCC4)ccn3c2=O)cc1OC.C[C@H]1CN(c2ccc3nc(-c4ccc(N(C)C)cc4)cc(=O)n3c2)CCN1.Cc1ccc(-c2cc(=O)n3cc(N4CCNCC4)ccc3n2)cc1C.O=c1cc(-c2ccccc2F)nc2ccc(N3CCNCC3)cn12. The number of aryl methyl sites for hydroxylation is 2. The van der Waals surface area contributed by atoms with Crippen molar-refractivity contribution in [3.63, 3.8) is 0 Å². The van der Waals surface area contributed by atoms with E-state index in [-0.39, 0.29) is 33.6 Å². The Hall–Kier alpha value is -14.2. The second kappa shape index (κ2) is 40.2. The Morgan fingerprint density at radius 2 is 0.760 bits per heavy atom. The second-order valence-electron chi connectivity index (χ2n) is 33.0. The van der Waals surface area contributed by atoms with Gasteiger partial charge in [0.1, 0.15) is 34.1 Å². The Bertz CT molecular complexity index is 6840. The summed E-state index contributed by atoms with van der Waals surface area (Å²) < 4.78 is 32.6. The van der Waals surface area contributed by atoms with Crippen molar-refractivity contribution in [3.05, 3.63) is 300 Å². The zero-order valence-corrected chi connectivity index (χ0v) is 74.3. The maximum absolute atomic E-state index is 14.0. The van der Waals surface area contributed by atoms with E-state index < -0.39 is 0 Å². The first kappa shape index (κ1) is 88.3. The van der Waals surface area contributed by atoms with Crippen LogP contribution in [-0.2, 0) is 0 Å². The van der Waals surface area contributed by atoms with Crippen molar-refractivity contribution in [1.29, 1.82) is 0 Å². The van der Waals surface area contributed by atoms with E-state index in [0.717, 1.165) is 192 Å². The predicted molar refractivity (Wildman–Crippen MR) is 516 cm³/mol. The van der Waals surface area contributed by atoms with Gasteiger partial charge >= 0.3 is 0 Å². The minimum atomic E-state index is -0.383. The molecular formula is C99H109FN22O7. The van der Waals surface area contributed by atoms with E-state index in [0.29, 0.717) is 74.0 Å². The van der Waals surface area contributed by atoms with Crippen molar-refractivity contribution in [2.75, 3.05) is 201 Å². The van der Waals surface area contributed by atoms with Crippen LogP contribution < -0.4 is 98.2 Å². The molecule has 15 aromatic rings. The molecule has 5 aliphatic rings. The van der Waals surface area contributed by atoms with E-state index in [9.17, 15) is 28.4 Å². The Morgan fingerprint density at radius 3 is 1.19 bits per heavy atom. The van der Waals surface area contributed by atoms with Gasteiger partial charge in [0.25, 0.3) is 27.8 Å². The maximum atomic E-state index is 14.0. The number of ether oxygens (including phenoxy) is 2. The van der Waals surface area contributed by atoms with Crippen LogP contribution in [0.1, 0.15) is 18.1 Å². The first-order valence-corrected chi connectivity index (χ1v) is 43.7. The van der Waals surface area contributed by atoms with Gasteiger partial charge in [-0.2, -0.15) is 0 Å². The van der Waals surface area contributed by atoms with Crippen LogP contribution in [0.2, 0.25) is 0 Å². The third-order valence-electron chi connectivity index (χ3n) is 23.9. The molecule has 5 aliphatic heterocycles. The Labute approximate surface area is 747 Å². The van der Waals surface area contributed by atoms with Gasteiger partial charge in [-0.25, -0.2) is 29.3 Å². The molecule has 29 nitrogen and oxygen atoms in total. The molecule has 5 saturated heterocycles. The molecule has 5 aromatic carbocycles. The third kappa shape index (κ3) is 20.6. The van der Waals surface area contributed by atoms with Crippen LogP contribution >= 0.6 is 0 Å². The molecule has 0 amide bonds. The lowest BCUT2D eigenvalue weighted by Crippen LogP contribution is -2.49. The van der Waals surface area contributed by atoms with Gasteiger partial charge in [0, 0.05) is 265 Å². The summed E-state index contributed by atoms with van der Waals surface area (Å²) in [6.45, 7) is 24.3. The molecule has 30 heteroatoms. The van der Waals surface area contributed by atoms with Crippen LogP contribution in [0.5, 0.6) is 11.5 Å². The van der Waals surface area contributed by atoms with Crippen molar-refractivity contribution in [2.24, 2.45) is 0 Å². The van der Waals surface area contributed by atoms with Crippen molar-refractivity contribution < 1.29 is 13.9 Å². The standard InChI is InChI=1S/C21H25N5O.C20H23N5O.C20H22N4O3.C20H22N4O.C18H17FN4O/c1-15-13-25(11-10-22-15)18-8-9-20-23-19(12-21(27)26(20)14-18)16-4-6-17(7-5-16)24(2)3;1-23(2)16-5-3-15(4-6-16)18-13-20(26)25-14-17(7-8-19(25)22-18)24-11-9-21-10-12-24;1-26-17-4-3-14(11-18(17)27-2)16-13-22-19-12-15(5-8-24(19)20(16)25)23-9-6-21-7-10-23;1-14-3-4-16(11-15(14)2)18-12-20(25)24-13-17(5-6-19(24)22-18)23-9-7-21-8-10-23;19-15-4-2-1-3-14(15)16-11-18(24)23-12-13(5-6-17(23)21-16)22-9-7-20-8-10-22/h4-9,12,14-15,22H,10-11,13H2,1-3H3;3-8,13-14,21H,9-12H2,1-2H3;3-5,8,11-13,21H,6-7,9-10H2,1-2H3;3-6,11-13,21H,7-10H2,1-2H3;1-6,11-12,20H,7-10H2/t15-;;;;/m0..../s1. The lowest BCUT2D eigenvalue weighted by molar-refractivity contribution is 0.355. The first-order valence-electron chi connectivity index (χ1n) is 43.7. The van der Waals surface area contributed by atoms with E-state index >= 15 is 0 Å². The van der Waals surface area contributed by atoms with Gasteiger partial charge in [0.05, 0.1) is 65.3 Å². The van der Waals surface area contributed by atoms with Crippen LogP contribution in [0.15, 0.2) is 255 Å². The molecule has 0 aliphatic carbocycles. The van der Waals surface area contributed by atoms with E-state index in [1.165, 1.54) is 27.7 Å². The number of pyridine rings is 5. The number of hydrogen-bond acceptors (Lipinski definition) is 24. The molecule has 5 N–H and O–H groups in total. The number of nitrogens with one attached hydrogen (secondary N) is 5. The van der Waals surface area contributed by atoms with Crippen molar-refractivity contribution in [3.8, 4) is 67.7 Å². The molecule has 129 heavy (non-hydrogen) atoms. The van der Waals surface area contributed by atoms with Crippen LogP contribution in [0.3, 0.4) is 0 Å². The van der Waals surface area contributed by atoms with E-state index in [1.807, 2.05) is 166 Å². The van der Waals surface area contributed by atoms with Gasteiger partial charge in [0.2, 0.25) is 0 Å². The number of rotatable bonds is 14. The van der Waals surface area contributed by atoms with Crippen molar-refractivity contribution in [1.82, 2.24) is 73.5 Å². The number of piperazine rings is 5. The smallest absolute Gasteiger partial charge is 0.265 e. The molecule has 664 valence electrons. The van der Waals surface area contributed by atoms with Crippen LogP contribution in [0.25, 0.3) is 84.4 Å². The second-order valence-corrected chi connectivity index (χ2v) is 33.0. The molecule has 15 heterocycles. The molecule has 20 rings (SSSR count). The number of aromatic nitrogens is 10. The molecule has 0 saturated carbocycles. The normalized spacial score (nSPS) is 15.2. The van der Waals surface area contributed by atoms with Crippen LogP contribution in [-0.4, -0.2) is 220 Å². The van der Waals surface area contributed by atoms with Crippen LogP contribution in [0, 0.1) is 19.7 Å². The highest BCUT2D eigenvalue weighted by Gasteiger charge is 2.22. The Balaban J connectivity index is 0.000000118. The summed E-state index contributed by atoms with van der Waals surface area (Å²) in [6, 6.07) is 60.4. The van der Waals surface area contributed by atoms with Gasteiger partial charge < -0.3 is 70.4 Å². The number of benzene rings is 5. The van der Waals surface area contributed by atoms with E-state index in [1.54, 1.807) is 98.9 Å². The van der Waals surface area contributed by atoms with Crippen LogP contribution in [0.4, 0.5) is 44.2 Å². The van der Waals surface area contributed by atoms with Gasteiger partial charge in [-0.15, -0.1) is 0 Å². The topological polar surface area (TPSA) is 273 Å². The summed E-state index contributed by atoms with van der Waals surface area (Å²) in [5.74, 6) is 0.815. The molecule has 0 unspecified atom stereocenters. The molecular weight excluding hydrogens is 1630 g/mol. The van der Waals surface area contributed by atoms with E-state index in [2.05, 4.69) is 111 Å². The zero-order valence-electron chi connectivity index (χ0n) is 74.3. The number of methoxy groups -OCH3 is 2. The Morgan fingerprint density at radius 1 is 0.364 bits per heavy atom. The number of anilines is 7. The number of nitrogens with zero attached hydrogens (tertiary/aromatic N) is 17. The minimum Gasteiger partial charge on any atom is -0.493 e. The van der Waals surface area contributed by atoms with Gasteiger partial charge in [-0.3, -0.25) is 46.0 Å². The fraction of sp³-hybridized carbons (Fsp3) is 0.293. The number of fused-ring (bicyclic) bond motifs is 5. The average Bonchev–Trinajstić information content (AvgIpc) is 0.709. The lowest BCUT2D eigenvalue weighted by Gasteiger charge is -2.33. The molecule has 0 bridgehead atoms. The average molecular weight is 1740 g/mol. The lowest BCUT2D eigenvalue weighted by atomic mass is 10.0. The third-order valence-corrected chi connectivity index (χ3v) is 23.9. The fourth-order valence-electron chi connectivity index (χ4n) is 16.4. The molecule has 10 aromatic heterocycles. The van der Waals surface area contributed by atoms with Crippen molar-refractivity contribution >= 4 is 68.0 Å². The highest BCUT2D eigenvalue weighted by Crippen LogP contribution is 2.33. The summed E-state index contributed by atoms with van der Waals surface area (Å²) in [4.78, 5) is 102. The minimum absolute atomic E-state index is 0.0461. The van der Waals surface area contributed by atoms with Crippen molar-refractivity contribution in [2.45, 2.75) is 26.8 Å². The van der Waals surface area contributed by atoms with E-state index in [4.69, 9.17) is 19.4 Å². The maximum Gasteiger partial charge on any atom is 0.265 e.